The monoisotopic (exact) mass is 478 g/mol. The third-order valence-electron chi connectivity index (χ3n) is 4.14. The molecule has 0 fully saturated rings. The van der Waals surface area contributed by atoms with E-state index in [-0.39, 0.29) is 11.9 Å². The van der Waals surface area contributed by atoms with Gasteiger partial charge in [0.2, 0.25) is 0 Å². The molecule has 4 nitrogen and oxygen atoms in total. The van der Waals surface area contributed by atoms with Gasteiger partial charge in [-0.1, -0.05) is 37.4 Å². The fraction of sp³-hybridized carbons (Fsp3) is 0.273. The Bertz CT molecular complexity index is 789. The van der Waals surface area contributed by atoms with Gasteiger partial charge < -0.3 is 9.47 Å². The number of esters is 2. The van der Waals surface area contributed by atoms with E-state index in [2.05, 4.69) is 48.2 Å². The molecule has 8 heteroatoms. The lowest BCUT2D eigenvalue weighted by Crippen LogP contribution is -2.04. The summed E-state index contributed by atoms with van der Waals surface area (Å²) in [6, 6.07) is 8.76. The van der Waals surface area contributed by atoms with Crippen LogP contribution in [0.5, 0.6) is 0 Å². The number of carbonyl (C=O) groups is 2. The Morgan fingerprint density at radius 3 is 1.57 bits per heavy atom. The average molecular weight is 479 g/mol. The van der Waals surface area contributed by atoms with Crippen molar-refractivity contribution in [3.8, 4) is 0 Å². The van der Waals surface area contributed by atoms with E-state index in [9.17, 15) is 9.59 Å². The molecule has 2 aliphatic rings. The maximum absolute atomic E-state index is 11.2. The Hall–Kier alpha value is -1.48. The van der Waals surface area contributed by atoms with Crippen LogP contribution in [0, 0.1) is 0 Å². The highest BCUT2D eigenvalue weighted by Crippen LogP contribution is 2.43. The van der Waals surface area contributed by atoms with E-state index in [1.807, 2.05) is 0 Å². The van der Waals surface area contributed by atoms with Crippen molar-refractivity contribution in [3.63, 3.8) is 0 Å². The Balaban J connectivity index is 1.39. The van der Waals surface area contributed by atoms with Crippen LogP contribution < -0.4 is 0 Å². The van der Waals surface area contributed by atoms with Gasteiger partial charge in [-0.2, -0.15) is 0 Å². The predicted octanol–water partition coefficient (Wildman–Crippen LogP) is 5.53. The Morgan fingerprint density at radius 1 is 0.800 bits per heavy atom. The van der Waals surface area contributed by atoms with E-state index >= 15 is 0 Å². The van der Waals surface area contributed by atoms with Gasteiger partial charge in [-0.15, -0.1) is 47.0 Å². The van der Waals surface area contributed by atoms with Crippen molar-refractivity contribution in [1.82, 2.24) is 0 Å². The summed E-state index contributed by atoms with van der Waals surface area (Å²) in [5.41, 5.74) is 2.59. The summed E-state index contributed by atoms with van der Waals surface area (Å²) < 4.78 is 11.0. The molecule has 0 N–H and O–H groups in total. The third-order valence-corrected chi connectivity index (χ3v) is 9.40. The second kappa shape index (κ2) is 11.8. The molecule has 0 bridgehead atoms. The molecule has 2 unspecified atom stereocenters. The minimum absolute atomic E-state index is 0.317. The van der Waals surface area contributed by atoms with Gasteiger partial charge in [-0.25, -0.2) is 9.59 Å². The van der Waals surface area contributed by atoms with Gasteiger partial charge in [-0.3, -0.25) is 0 Å². The van der Waals surface area contributed by atoms with E-state index in [1.165, 1.54) is 23.3 Å². The summed E-state index contributed by atoms with van der Waals surface area (Å²) in [4.78, 5) is 24.5. The SMILES string of the molecule is C=CC(=O)OCC1=CSC(Cc2ccc(CC3SC=C(COC(=O)C=C)S3)cc2)S1. The topological polar surface area (TPSA) is 52.6 Å². The summed E-state index contributed by atoms with van der Waals surface area (Å²) in [7, 11) is 0. The quantitative estimate of drug-likeness (QED) is 0.322. The first-order valence-corrected chi connectivity index (χ1v) is 12.9. The van der Waals surface area contributed by atoms with Gasteiger partial charge in [-0.05, 0) is 34.8 Å². The molecule has 3 rings (SSSR count). The molecule has 0 spiro atoms. The first-order valence-electron chi connectivity index (χ1n) is 9.24. The van der Waals surface area contributed by atoms with Crippen molar-refractivity contribution in [2.75, 3.05) is 13.2 Å². The second-order valence-electron chi connectivity index (χ2n) is 6.38. The third kappa shape index (κ3) is 7.34. The van der Waals surface area contributed by atoms with Crippen molar-refractivity contribution >= 4 is 59.0 Å². The van der Waals surface area contributed by atoms with Crippen LogP contribution in [0.4, 0.5) is 0 Å². The summed E-state index contributed by atoms with van der Waals surface area (Å²) in [5.74, 6) is -0.779. The zero-order chi connectivity index (χ0) is 21.3. The van der Waals surface area contributed by atoms with E-state index in [0.29, 0.717) is 22.4 Å². The molecule has 2 aliphatic heterocycles. The maximum atomic E-state index is 11.2. The molecule has 0 aromatic heterocycles. The summed E-state index contributed by atoms with van der Waals surface area (Å²) in [5, 5.41) is 4.15. The number of ether oxygens (including phenoxy) is 2. The lowest BCUT2D eigenvalue weighted by Gasteiger charge is -2.12. The van der Waals surface area contributed by atoms with Gasteiger partial charge in [0.25, 0.3) is 0 Å². The fourth-order valence-electron chi connectivity index (χ4n) is 2.67. The largest absolute Gasteiger partial charge is 0.457 e. The molecule has 0 amide bonds. The Kier molecular flexibility index (Phi) is 9.11. The van der Waals surface area contributed by atoms with Crippen molar-refractivity contribution in [2.24, 2.45) is 0 Å². The minimum atomic E-state index is -0.390. The van der Waals surface area contributed by atoms with Crippen LogP contribution in [0.1, 0.15) is 11.1 Å². The van der Waals surface area contributed by atoms with E-state index in [4.69, 9.17) is 9.47 Å². The number of benzene rings is 1. The van der Waals surface area contributed by atoms with Crippen LogP contribution in [0.15, 0.2) is 70.2 Å². The molecule has 2 atom stereocenters. The summed E-state index contributed by atoms with van der Waals surface area (Å²) >= 11 is 7.05. The first kappa shape index (κ1) is 23.2. The van der Waals surface area contributed by atoms with Crippen LogP contribution in [-0.2, 0) is 31.9 Å². The smallest absolute Gasteiger partial charge is 0.330 e. The standard InChI is InChI=1S/C22H22O4S4/c1-3-19(23)25-11-17-13-27-21(29-17)9-15-5-7-16(8-6-15)10-22-28-14-18(30-22)12-26-20(24)4-2/h3-8,13-14,21-22H,1-2,9-12H2. The molecule has 158 valence electrons. The van der Waals surface area contributed by atoms with Gasteiger partial charge in [0, 0.05) is 22.0 Å². The Labute approximate surface area is 194 Å². The normalized spacial score (nSPS) is 20.3. The molecular weight excluding hydrogens is 457 g/mol. The number of hydrogen-bond acceptors (Lipinski definition) is 8. The fourth-order valence-corrected chi connectivity index (χ4v) is 7.77. The first-order chi connectivity index (χ1) is 14.6. The molecule has 30 heavy (non-hydrogen) atoms. The van der Waals surface area contributed by atoms with Crippen LogP contribution in [0.3, 0.4) is 0 Å². The summed E-state index contributed by atoms with van der Waals surface area (Å²) in [6.45, 7) is 7.44. The molecule has 0 saturated heterocycles. The van der Waals surface area contributed by atoms with Crippen LogP contribution >= 0.6 is 47.0 Å². The highest BCUT2D eigenvalue weighted by molar-refractivity contribution is 8.23. The van der Waals surface area contributed by atoms with Gasteiger partial charge >= 0.3 is 11.9 Å². The van der Waals surface area contributed by atoms with Crippen molar-refractivity contribution in [1.29, 1.82) is 0 Å². The molecule has 0 saturated carbocycles. The number of carbonyl (C=O) groups excluding carboxylic acids is 2. The molecular formula is C22H22O4S4. The highest BCUT2D eigenvalue weighted by atomic mass is 32.2. The molecule has 0 aliphatic carbocycles. The highest BCUT2D eigenvalue weighted by Gasteiger charge is 2.21. The summed E-state index contributed by atoms with van der Waals surface area (Å²) in [6.07, 6.45) is 4.28. The number of rotatable bonds is 10. The zero-order valence-corrected chi connectivity index (χ0v) is 19.5. The molecule has 1 aromatic carbocycles. The van der Waals surface area contributed by atoms with Crippen molar-refractivity contribution in [2.45, 2.75) is 22.0 Å². The maximum Gasteiger partial charge on any atom is 0.330 e. The van der Waals surface area contributed by atoms with Crippen LogP contribution in [0.25, 0.3) is 0 Å². The minimum Gasteiger partial charge on any atom is -0.457 e. The van der Waals surface area contributed by atoms with Gasteiger partial charge in [0.15, 0.2) is 0 Å². The second-order valence-corrected chi connectivity index (χ2v) is 11.8. The van der Waals surface area contributed by atoms with Gasteiger partial charge in [0.05, 0.1) is 9.16 Å². The van der Waals surface area contributed by atoms with Crippen molar-refractivity contribution in [3.05, 3.63) is 81.3 Å². The average Bonchev–Trinajstić information content (AvgIpc) is 3.40. The number of thioether (sulfide) groups is 4. The molecule has 1 aromatic rings. The van der Waals surface area contributed by atoms with Crippen LogP contribution in [-0.4, -0.2) is 34.3 Å². The predicted molar refractivity (Wildman–Crippen MR) is 130 cm³/mol. The number of hydrogen-bond donors (Lipinski definition) is 0. The van der Waals surface area contributed by atoms with Gasteiger partial charge in [0.1, 0.15) is 13.2 Å². The molecule has 0 radical (unpaired) electrons. The van der Waals surface area contributed by atoms with E-state index in [1.54, 1.807) is 47.0 Å². The zero-order valence-electron chi connectivity index (χ0n) is 16.3. The lowest BCUT2D eigenvalue weighted by atomic mass is 10.1. The van der Waals surface area contributed by atoms with E-state index in [0.717, 1.165) is 22.7 Å². The van der Waals surface area contributed by atoms with Crippen molar-refractivity contribution < 1.29 is 19.1 Å². The van der Waals surface area contributed by atoms with Crippen LogP contribution in [0.2, 0.25) is 0 Å². The Morgan fingerprint density at radius 2 is 1.20 bits per heavy atom. The lowest BCUT2D eigenvalue weighted by molar-refractivity contribution is -0.137. The molecule has 2 heterocycles. The van der Waals surface area contributed by atoms with E-state index < -0.39 is 0 Å².